The first-order valence-electron chi connectivity index (χ1n) is 19.2. The van der Waals surface area contributed by atoms with Gasteiger partial charge >= 0.3 is 12.3 Å². The third kappa shape index (κ3) is 9.88. The molecule has 0 unspecified atom stereocenters. The average molecular weight is 828 g/mol. The van der Waals surface area contributed by atoms with Gasteiger partial charge in [-0.05, 0) is 88.5 Å². The maximum atomic E-state index is 14.2. The van der Waals surface area contributed by atoms with Gasteiger partial charge in [0.15, 0.2) is 43.1 Å². The highest BCUT2D eigenvalue weighted by atomic mass is 28.4. The van der Waals surface area contributed by atoms with E-state index in [2.05, 4.69) is 54.1 Å². The van der Waals surface area contributed by atoms with Gasteiger partial charge in [-0.25, -0.2) is 19.7 Å². The Hall–Kier alpha value is -4.42. The summed E-state index contributed by atoms with van der Waals surface area (Å²) in [7, 11) is -2.10. The number of fused-ring (bicyclic) bond motifs is 2. The molecule has 2 aliphatic rings. The molecular formula is C41H52F3N5O8Si. The number of nitrogens with zero attached hydrogens (tertiary/aromatic N) is 4. The van der Waals surface area contributed by atoms with Gasteiger partial charge in [0.2, 0.25) is 0 Å². The summed E-state index contributed by atoms with van der Waals surface area (Å²) in [5, 5.41) is 2.59. The number of anilines is 1. The smallest absolute Gasteiger partial charge is 0.416 e. The normalized spacial score (nSPS) is 20.9. The molecule has 2 aromatic heterocycles. The summed E-state index contributed by atoms with van der Waals surface area (Å²) >= 11 is 0. The summed E-state index contributed by atoms with van der Waals surface area (Å²) in [5.74, 6) is -1.13. The fourth-order valence-corrected chi connectivity index (χ4v) is 7.51. The SMILES string of the molecule is CC(C)(C)OC(=O)Nc1ncnc2c1ncn2[C@@H]1O[C@H](COc2cc(CCC(=O)c3ccccc3CO[Si](C)(C)C(C)(C)C)cc(C(F)(F)F)c2)[C@H]2OC(C)(C)O[C@H]21. The largest absolute Gasteiger partial charge is 0.491 e. The Labute approximate surface area is 337 Å². The van der Waals surface area contributed by atoms with E-state index in [9.17, 15) is 22.8 Å². The van der Waals surface area contributed by atoms with E-state index in [1.165, 1.54) is 18.7 Å². The Bertz CT molecular complexity index is 2150. The van der Waals surface area contributed by atoms with Crippen LogP contribution in [0.3, 0.4) is 0 Å². The van der Waals surface area contributed by atoms with Crippen molar-refractivity contribution in [3.05, 3.63) is 77.4 Å². The Morgan fingerprint density at radius 1 is 0.966 bits per heavy atom. The molecule has 1 N–H and O–H groups in total. The number of benzene rings is 2. The zero-order valence-electron chi connectivity index (χ0n) is 34.5. The number of hydrogen-bond donors (Lipinski definition) is 1. The monoisotopic (exact) mass is 827 g/mol. The number of alkyl halides is 3. The molecule has 2 aliphatic heterocycles. The van der Waals surface area contributed by atoms with E-state index in [0.717, 1.165) is 17.7 Å². The van der Waals surface area contributed by atoms with Gasteiger partial charge in [-0.3, -0.25) is 14.7 Å². The number of hydrogen-bond acceptors (Lipinski definition) is 11. The van der Waals surface area contributed by atoms with Crippen LogP contribution in [0.15, 0.2) is 55.1 Å². The van der Waals surface area contributed by atoms with Crippen molar-refractivity contribution in [2.45, 2.75) is 135 Å². The number of halogens is 3. The van der Waals surface area contributed by atoms with Gasteiger partial charge in [0, 0.05) is 12.0 Å². The van der Waals surface area contributed by atoms with Gasteiger partial charge in [0.1, 0.15) is 42.6 Å². The molecule has 2 fully saturated rings. The lowest BCUT2D eigenvalue weighted by Crippen LogP contribution is -2.40. The van der Waals surface area contributed by atoms with Crippen LogP contribution in [0.4, 0.5) is 23.8 Å². The lowest BCUT2D eigenvalue weighted by atomic mass is 9.98. The van der Waals surface area contributed by atoms with E-state index >= 15 is 0 Å². The Balaban J connectivity index is 1.18. The van der Waals surface area contributed by atoms with Crippen LogP contribution in [0.2, 0.25) is 18.1 Å². The van der Waals surface area contributed by atoms with Crippen molar-refractivity contribution in [3.8, 4) is 5.75 Å². The van der Waals surface area contributed by atoms with Crippen LogP contribution in [-0.2, 0) is 42.6 Å². The van der Waals surface area contributed by atoms with Crippen molar-refractivity contribution in [3.63, 3.8) is 0 Å². The minimum Gasteiger partial charge on any atom is -0.491 e. The first kappa shape index (κ1) is 43.2. The molecule has 4 heterocycles. The number of nitrogens with one attached hydrogen (secondary N) is 1. The maximum absolute atomic E-state index is 14.2. The lowest BCUT2D eigenvalue weighted by molar-refractivity contribution is -0.199. The number of amides is 1. The molecule has 4 atom stereocenters. The summed E-state index contributed by atoms with van der Waals surface area (Å²) in [6, 6.07) is 10.7. The quantitative estimate of drug-likeness (QED) is 0.108. The molecule has 314 valence electrons. The minimum absolute atomic E-state index is 0.0185. The highest BCUT2D eigenvalue weighted by Crippen LogP contribution is 2.44. The molecule has 0 saturated carbocycles. The summed E-state index contributed by atoms with van der Waals surface area (Å²) in [4.78, 5) is 39.0. The molecule has 2 saturated heterocycles. The van der Waals surface area contributed by atoms with Gasteiger partial charge in [-0.2, -0.15) is 13.2 Å². The van der Waals surface area contributed by atoms with Crippen molar-refractivity contribution >= 4 is 37.2 Å². The molecule has 2 aromatic carbocycles. The third-order valence-corrected chi connectivity index (χ3v) is 14.9. The predicted molar refractivity (Wildman–Crippen MR) is 211 cm³/mol. The number of Topliss-reactive ketones (excluding diaryl/α,β-unsaturated/α-hetero) is 1. The fraction of sp³-hybridized carbons (Fsp3) is 0.537. The van der Waals surface area contributed by atoms with E-state index in [0.29, 0.717) is 16.8 Å². The van der Waals surface area contributed by atoms with E-state index in [1.54, 1.807) is 51.3 Å². The average Bonchev–Trinajstić information content (AvgIpc) is 3.78. The van der Waals surface area contributed by atoms with Crippen LogP contribution in [0, 0.1) is 0 Å². The van der Waals surface area contributed by atoms with Crippen LogP contribution < -0.4 is 10.1 Å². The second kappa shape index (κ2) is 16.0. The zero-order chi connectivity index (χ0) is 42.4. The van der Waals surface area contributed by atoms with Crippen molar-refractivity contribution in [1.29, 1.82) is 0 Å². The molecular weight excluding hydrogens is 776 g/mol. The number of aromatic nitrogens is 4. The Morgan fingerprint density at radius 2 is 1.67 bits per heavy atom. The summed E-state index contributed by atoms with van der Waals surface area (Å²) < 4.78 is 80.8. The summed E-state index contributed by atoms with van der Waals surface area (Å²) in [5.41, 5.74) is 0.467. The number of imidazole rings is 1. The summed E-state index contributed by atoms with van der Waals surface area (Å²) in [6.07, 6.45) is -5.62. The molecule has 17 heteroatoms. The van der Waals surface area contributed by atoms with Gasteiger partial charge < -0.3 is 28.1 Å². The fourth-order valence-electron chi connectivity index (χ4n) is 6.56. The van der Waals surface area contributed by atoms with Crippen molar-refractivity contribution < 1.29 is 50.9 Å². The second-order valence-corrected chi connectivity index (χ2v) is 22.4. The van der Waals surface area contributed by atoms with E-state index in [-0.39, 0.29) is 54.0 Å². The molecule has 13 nitrogen and oxygen atoms in total. The number of carbonyl (C=O) groups is 2. The molecule has 0 spiro atoms. The van der Waals surface area contributed by atoms with Crippen LogP contribution in [0.25, 0.3) is 11.2 Å². The summed E-state index contributed by atoms with van der Waals surface area (Å²) in [6.45, 7) is 19.5. The first-order valence-corrected chi connectivity index (χ1v) is 22.1. The van der Waals surface area contributed by atoms with Crippen LogP contribution in [0.5, 0.6) is 5.75 Å². The molecule has 0 aliphatic carbocycles. The number of ketones is 1. The van der Waals surface area contributed by atoms with E-state index in [4.69, 9.17) is 28.1 Å². The molecule has 6 rings (SSSR count). The second-order valence-electron chi connectivity index (χ2n) is 17.6. The van der Waals surface area contributed by atoms with Crippen LogP contribution in [0.1, 0.15) is 95.1 Å². The predicted octanol–water partition coefficient (Wildman–Crippen LogP) is 9.03. The van der Waals surface area contributed by atoms with Crippen LogP contribution in [-0.4, -0.2) is 76.0 Å². The third-order valence-electron chi connectivity index (χ3n) is 10.4. The topological polar surface area (TPSA) is 145 Å². The Kier molecular flexibility index (Phi) is 11.9. The maximum Gasteiger partial charge on any atom is 0.416 e. The number of aryl methyl sites for hydroxylation is 1. The molecule has 0 bridgehead atoms. The van der Waals surface area contributed by atoms with E-state index in [1.807, 2.05) is 12.1 Å². The molecule has 4 aromatic rings. The van der Waals surface area contributed by atoms with Crippen LogP contribution >= 0.6 is 0 Å². The molecule has 1 amide bonds. The molecule has 0 radical (unpaired) electrons. The zero-order valence-corrected chi connectivity index (χ0v) is 35.5. The highest BCUT2D eigenvalue weighted by Gasteiger charge is 2.56. The van der Waals surface area contributed by atoms with Crippen molar-refractivity contribution in [2.75, 3.05) is 11.9 Å². The van der Waals surface area contributed by atoms with Crippen molar-refractivity contribution in [2.24, 2.45) is 0 Å². The minimum atomic E-state index is -4.67. The lowest BCUT2D eigenvalue weighted by Gasteiger charge is -2.36. The van der Waals surface area contributed by atoms with Gasteiger partial charge in [-0.15, -0.1) is 0 Å². The van der Waals surface area contributed by atoms with E-state index < -0.39 is 62.1 Å². The van der Waals surface area contributed by atoms with Crippen molar-refractivity contribution in [1.82, 2.24) is 19.5 Å². The molecule has 58 heavy (non-hydrogen) atoms. The van der Waals surface area contributed by atoms with Gasteiger partial charge in [-0.1, -0.05) is 45.0 Å². The van der Waals surface area contributed by atoms with Gasteiger partial charge in [0.25, 0.3) is 0 Å². The number of rotatable bonds is 12. The Morgan fingerprint density at radius 3 is 2.36 bits per heavy atom. The standard InChI is InChI=1S/C41H52F3N5O8Si/c1-38(2,3)57-37(51)48-34-31-35(46-22-45-34)49(23-47-31)36-33-32(55-40(7,8)56-33)30(54-36)21-52-27-18-24(17-26(19-27)41(42,43)44)15-16-29(50)28-14-12-11-13-25(28)20-53-58(9,10)39(4,5)6/h11-14,17-19,22-23,30,32-33,36H,15-16,20-21H2,1-10H3,(H,45,46,48,51)/t30-,32-,33-,36-/m1/s1. The highest BCUT2D eigenvalue weighted by molar-refractivity contribution is 6.74. The number of carbonyl (C=O) groups excluding carboxylic acids is 2. The van der Waals surface area contributed by atoms with Gasteiger partial charge in [0.05, 0.1) is 18.5 Å². The number of ether oxygens (including phenoxy) is 5. The first-order chi connectivity index (χ1) is 26.9.